The van der Waals surface area contributed by atoms with Crippen molar-refractivity contribution < 1.29 is 27.5 Å². The summed E-state index contributed by atoms with van der Waals surface area (Å²) in [6, 6.07) is 6.30. The molecule has 2 aliphatic rings. The Labute approximate surface area is 176 Å². The average molecular weight is 444 g/mol. The van der Waals surface area contributed by atoms with Crippen LogP contribution in [0.1, 0.15) is 38.5 Å². The number of carbonyl (C=O) groups excluding carboxylic acids is 2. The first-order valence-corrected chi connectivity index (χ1v) is 12.1. The Morgan fingerprint density at radius 1 is 1.07 bits per heavy atom. The van der Waals surface area contributed by atoms with Crippen LogP contribution >= 0.6 is 11.6 Å². The summed E-state index contributed by atoms with van der Waals surface area (Å²) in [7, 11) is -3.12. The lowest BCUT2D eigenvalue weighted by Gasteiger charge is -2.38. The van der Waals surface area contributed by atoms with Gasteiger partial charge in [-0.1, -0.05) is 36.9 Å². The van der Waals surface area contributed by atoms with Crippen LogP contribution in [0, 0.1) is 0 Å². The number of ether oxygens (including phenoxy) is 2. The van der Waals surface area contributed by atoms with Crippen LogP contribution in [0.2, 0.25) is 5.02 Å². The number of nitrogens with zero attached hydrogens (tertiary/aromatic N) is 1. The number of rotatable bonds is 7. The van der Waals surface area contributed by atoms with Gasteiger partial charge in [0.2, 0.25) is 0 Å². The summed E-state index contributed by atoms with van der Waals surface area (Å²) < 4.78 is 34.2. The Morgan fingerprint density at radius 3 is 2.48 bits per heavy atom. The van der Waals surface area contributed by atoms with E-state index in [-0.39, 0.29) is 36.1 Å². The first-order valence-electron chi connectivity index (χ1n) is 9.89. The van der Waals surface area contributed by atoms with Gasteiger partial charge in [0, 0.05) is 17.1 Å². The highest BCUT2D eigenvalue weighted by Crippen LogP contribution is 2.28. The molecule has 1 atom stereocenters. The van der Waals surface area contributed by atoms with Gasteiger partial charge in [0.25, 0.3) is 5.91 Å². The first kappa shape index (κ1) is 21.9. The Hall–Kier alpha value is -1.80. The highest BCUT2D eigenvalue weighted by atomic mass is 35.5. The lowest BCUT2D eigenvalue weighted by atomic mass is 9.93. The molecule has 0 N–H and O–H groups in total. The van der Waals surface area contributed by atoms with E-state index in [9.17, 15) is 18.0 Å². The van der Waals surface area contributed by atoms with Crippen molar-refractivity contribution in [3.05, 3.63) is 29.3 Å². The summed E-state index contributed by atoms with van der Waals surface area (Å²) in [5, 5.41) is 0.487. The first-order chi connectivity index (χ1) is 13.8. The predicted molar refractivity (Wildman–Crippen MR) is 109 cm³/mol. The van der Waals surface area contributed by atoms with E-state index in [1.165, 1.54) is 0 Å². The monoisotopic (exact) mass is 443 g/mol. The summed E-state index contributed by atoms with van der Waals surface area (Å²) in [6.45, 7) is -0.750. The maximum Gasteiger partial charge on any atom is 0.344 e. The summed E-state index contributed by atoms with van der Waals surface area (Å²) in [4.78, 5) is 26.5. The van der Waals surface area contributed by atoms with Crippen molar-refractivity contribution in [2.45, 2.75) is 50.6 Å². The van der Waals surface area contributed by atoms with Crippen molar-refractivity contribution in [2.24, 2.45) is 0 Å². The molecule has 1 aromatic carbocycles. The van der Waals surface area contributed by atoms with E-state index in [0.717, 1.165) is 32.1 Å². The van der Waals surface area contributed by atoms with Gasteiger partial charge in [-0.2, -0.15) is 0 Å². The second-order valence-corrected chi connectivity index (χ2v) is 10.2. The van der Waals surface area contributed by atoms with Crippen LogP contribution in [-0.2, 0) is 24.2 Å². The third kappa shape index (κ3) is 6.34. The molecule has 1 aliphatic carbocycles. The van der Waals surface area contributed by atoms with E-state index in [2.05, 4.69) is 0 Å². The Kier molecular flexibility index (Phi) is 7.40. The zero-order valence-corrected chi connectivity index (χ0v) is 17.8. The van der Waals surface area contributed by atoms with Gasteiger partial charge >= 0.3 is 5.97 Å². The second-order valence-electron chi connectivity index (χ2n) is 7.56. The number of hydrogen-bond donors (Lipinski definition) is 0. The Morgan fingerprint density at radius 2 is 1.83 bits per heavy atom. The van der Waals surface area contributed by atoms with Crippen LogP contribution in [0.15, 0.2) is 24.3 Å². The largest absolute Gasteiger partial charge is 0.482 e. The zero-order chi connectivity index (χ0) is 20.9. The molecule has 1 saturated carbocycles. The molecule has 1 amide bonds. The number of halogens is 1. The van der Waals surface area contributed by atoms with Crippen LogP contribution in [0.5, 0.6) is 5.75 Å². The normalized spacial score (nSPS) is 21.5. The third-order valence-corrected chi connectivity index (χ3v) is 7.35. The molecule has 0 spiro atoms. The number of sulfone groups is 1. The van der Waals surface area contributed by atoms with Gasteiger partial charge in [0.15, 0.2) is 23.1 Å². The molecule has 9 heteroatoms. The van der Waals surface area contributed by atoms with Gasteiger partial charge in [0.05, 0.1) is 11.5 Å². The van der Waals surface area contributed by atoms with Gasteiger partial charge in [-0.25, -0.2) is 13.2 Å². The highest BCUT2D eigenvalue weighted by Gasteiger charge is 2.38. The van der Waals surface area contributed by atoms with Crippen molar-refractivity contribution in [3.63, 3.8) is 0 Å². The van der Waals surface area contributed by atoms with Crippen molar-refractivity contribution in [1.82, 2.24) is 4.90 Å². The van der Waals surface area contributed by atoms with Crippen LogP contribution < -0.4 is 4.74 Å². The van der Waals surface area contributed by atoms with Gasteiger partial charge < -0.3 is 14.4 Å². The quantitative estimate of drug-likeness (QED) is 0.602. The van der Waals surface area contributed by atoms with E-state index in [1.807, 2.05) is 0 Å². The van der Waals surface area contributed by atoms with E-state index < -0.39 is 22.4 Å². The molecule has 3 rings (SSSR count). The molecule has 29 heavy (non-hydrogen) atoms. The van der Waals surface area contributed by atoms with Gasteiger partial charge in [-0.05, 0) is 37.5 Å². The average Bonchev–Trinajstić information content (AvgIpc) is 3.05. The van der Waals surface area contributed by atoms with Crippen LogP contribution in [0.4, 0.5) is 0 Å². The van der Waals surface area contributed by atoms with E-state index >= 15 is 0 Å². The molecule has 160 valence electrons. The van der Waals surface area contributed by atoms with Crippen molar-refractivity contribution in [3.8, 4) is 5.75 Å². The van der Waals surface area contributed by atoms with Gasteiger partial charge in [-0.3, -0.25) is 4.79 Å². The lowest BCUT2D eigenvalue weighted by Crippen LogP contribution is -2.50. The standard InChI is InChI=1S/C20H26ClNO6S/c21-15-5-4-8-18(11-15)27-13-20(24)28-12-19(23)22(16-6-2-1-3-7-16)17-9-10-29(25,26)14-17/h4-5,8,11,16-17H,1-3,6-7,9-10,12-14H2/t17-/m0/s1. The Bertz CT molecular complexity index is 837. The number of benzene rings is 1. The van der Waals surface area contributed by atoms with Gasteiger partial charge in [-0.15, -0.1) is 0 Å². The van der Waals surface area contributed by atoms with Gasteiger partial charge in [0.1, 0.15) is 5.75 Å². The number of esters is 1. The summed E-state index contributed by atoms with van der Waals surface area (Å²) >= 11 is 5.86. The fourth-order valence-corrected chi connectivity index (χ4v) is 5.91. The fraction of sp³-hybridized carbons (Fsp3) is 0.600. The zero-order valence-electron chi connectivity index (χ0n) is 16.2. The molecule has 0 bridgehead atoms. The number of hydrogen-bond acceptors (Lipinski definition) is 6. The molecule has 1 aliphatic heterocycles. The third-order valence-electron chi connectivity index (χ3n) is 5.37. The van der Waals surface area contributed by atoms with E-state index in [1.54, 1.807) is 29.2 Å². The smallest absolute Gasteiger partial charge is 0.344 e. The fourth-order valence-electron chi connectivity index (χ4n) is 4.02. The number of carbonyl (C=O) groups is 2. The minimum atomic E-state index is -3.12. The van der Waals surface area contributed by atoms with Crippen molar-refractivity contribution >= 4 is 33.3 Å². The summed E-state index contributed by atoms with van der Waals surface area (Å²) in [5.74, 6) is -0.487. The minimum absolute atomic E-state index is 0.0102. The molecule has 2 fully saturated rings. The number of amides is 1. The minimum Gasteiger partial charge on any atom is -0.482 e. The molecule has 0 unspecified atom stereocenters. The maximum atomic E-state index is 12.9. The summed E-state index contributed by atoms with van der Waals surface area (Å²) in [6.07, 6.45) is 5.30. The SMILES string of the molecule is O=C(COc1cccc(Cl)c1)OCC(=O)N(C1CCCCC1)[C@H]1CCS(=O)(=O)C1. The molecule has 0 radical (unpaired) electrons. The summed E-state index contributed by atoms with van der Waals surface area (Å²) in [5.41, 5.74) is 0. The molecule has 1 saturated heterocycles. The molecule has 0 aromatic heterocycles. The lowest BCUT2D eigenvalue weighted by molar-refractivity contribution is -0.155. The van der Waals surface area contributed by atoms with Crippen molar-refractivity contribution in [2.75, 3.05) is 24.7 Å². The van der Waals surface area contributed by atoms with Crippen LogP contribution in [0.3, 0.4) is 0 Å². The Balaban J connectivity index is 1.55. The maximum absolute atomic E-state index is 12.9. The molecule has 7 nitrogen and oxygen atoms in total. The van der Waals surface area contributed by atoms with Crippen molar-refractivity contribution in [1.29, 1.82) is 0 Å². The van der Waals surface area contributed by atoms with Crippen LogP contribution in [0.25, 0.3) is 0 Å². The predicted octanol–water partition coefficient (Wildman–Crippen LogP) is 2.61. The van der Waals surface area contributed by atoms with Crippen LogP contribution in [-0.4, -0.2) is 62.0 Å². The van der Waals surface area contributed by atoms with E-state index in [4.69, 9.17) is 21.1 Å². The molecule has 1 aromatic rings. The molecular formula is C20H26ClNO6S. The van der Waals surface area contributed by atoms with E-state index in [0.29, 0.717) is 17.2 Å². The topological polar surface area (TPSA) is 90.0 Å². The molecular weight excluding hydrogens is 418 g/mol. The second kappa shape index (κ2) is 9.80. The highest BCUT2D eigenvalue weighted by molar-refractivity contribution is 7.91. The molecule has 1 heterocycles.